The zero-order valence-corrected chi connectivity index (χ0v) is 37.0. The zero-order valence-electron chi connectivity index (χ0n) is 33.7. The van der Waals surface area contributed by atoms with Crippen molar-refractivity contribution in [2.24, 2.45) is 0 Å². The minimum Gasteiger partial charge on any atom is -0.378 e. The van der Waals surface area contributed by atoms with Crippen LogP contribution in [0.15, 0.2) is 93.8 Å². The summed E-state index contributed by atoms with van der Waals surface area (Å²) in [6.07, 6.45) is 0.956. The highest BCUT2D eigenvalue weighted by Crippen LogP contribution is 2.35. The summed E-state index contributed by atoms with van der Waals surface area (Å²) in [7, 11) is 0. The molecule has 1 amide bonds. The van der Waals surface area contributed by atoms with Gasteiger partial charge in [0.2, 0.25) is 0 Å². The summed E-state index contributed by atoms with van der Waals surface area (Å²) in [6, 6.07) is 28.1. The highest BCUT2D eigenvalue weighted by molar-refractivity contribution is 8.02. The fourth-order valence-corrected chi connectivity index (χ4v) is 10.9. The van der Waals surface area contributed by atoms with Gasteiger partial charge in [-0.25, -0.2) is 4.98 Å². The lowest BCUT2D eigenvalue weighted by atomic mass is 10.1. The maximum absolute atomic E-state index is 13.2. The molecule has 6 heterocycles. The first-order valence-electron chi connectivity index (χ1n) is 20.4. The van der Waals surface area contributed by atoms with E-state index >= 15 is 0 Å². The van der Waals surface area contributed by atoms with E-state index in [-0.39, 0.29) is 5.91 Å². The SMILES string of the molecule is CCn1c2ccc(CNCCOCCOCCN3CCCn4nc(C(=O)Nc5nc6ccc(NSc7cccs7)cc6s5)cc4C3)cc2c2ccc(-c3cc(C)cs3)cc21. The number of hydrogen-bond acceptors (Lipinski definition) is 12. The Bertz CT molecular complexity index is 2720. The van der Waals surface area contributed by atoms with Gasteiger partial charge in [0, 0.05) is 78.2 Å². The molecule has 15 heteroatoms. The summed E-state index contributed by atoms with van der Waals surface area (Å²) in [5, 5.41) is 18.6. The average Bonchev–Trinajstić information content (AvgIpc) is 4.11. The molecule has 0 unspecified atom stereocenters. The lowest BCUT2D eigenvalue weighted by Crippen LogP contribution is -2.28. The second kappa shape index (κ2) is 19.0. The molecule has 0 spiro atoms. The summed E-state index contributed by atoms with van der Waals surface area (Å²) in [5.74, 6) is -0.247. The van der Waals surface area contributed by atoms with Gasteiger partial charge in [0.15, 0.2) is 10.8 Å². The van der Waals surface area contributed by atoms with E-state index in [0.717, 1.165) is 73.8 Å². The van der Waals surface area contributed by atoms with Gasteiger partial charge in [0.25, 0.3) is 5.91 Å². The molecular weight excluding hydrogens is 829 g/mol. The van der Waals surface area contributed by atoms with Gasteiger partial charge >= 0.3 is 0 Å². The van der Waals surface area contributed by atoms with E-state index in [2.05, 4.69) is 114 Å². The number of carbonyl (C=O) groups is 1. The summed E-state index contributed by atoms with van der Waals surface area (Å²) < 4.78 is 21.8. The van der Waals surface area contributed by atoms with Crippen molar-refractivity contribution >= 4 is 94.7 Å². The number of benzene rings is 3. The number of rotatable bonds is 18. The lowest BCUT2D eigenvalue weighted by molar-refractivity contribution is 0.0388. The summed E-state index contributed by atoms with van der Waals surface area (Å²) >= 11 is 6.54. The number of amides is 1. The van der Waals surface area contributed by atoms with E-state index in [9.17, 15) is 4.79 Å². The van der Waals surface area contributed by atoms with Crippen LogP contribution in [0.3, 0.4) is 0 Å². The third kappa shape index (κ3) is 9.48. The Morgan fingerprint density at radius 1 is 0.917 bits per heavy atom. The van der Waals surface area contributed by atoms with Crippen LogP contribution >= 0.6 is 46.0 Å². The molecular formula is C45H48N8O3S4. The van der Waals surface area contributed by atoms with Gasteiger partial charge in [-0.1, -0.05) is 35.6 Å². The molecule has 8 aromatic rings. The first-order valence-corrected chi connectivity index (χ1v) is 23.8. The second-order valence-corrected chi connectivity index (χ2v) is 18.9. The number of ether oxygens (including phenoxy) is 2. The largest absolute Gasteiger partial charge is 0.378 e. The van der Waals surface area contributed by atoms with Crippen LogP contribution in [0.5, 0.6) is 0 Å². The average molecular weight is 877 g/mol. The maximum Gasteiger partial charge on any atom is 0.277 e. The monoisotopic (exact) mass is 876 g/mol. The van der Waals surface area contributed by atoms with Gasteiger partial charge in [-0.15, -0.1) is 22.7 Å². The molecule has 0 saturated heterocycles. The van der Waals surface area contributed by atoms with E-state index in [0.29, 0.717) is 37.3 Å². The summed E-state index contributed by atoms with van der Waals surface area (Å²) in [5.41, 5.74) is 9.71. The van der Waals surface area contributed by atoms with E-state index in [1.54, 1.807) is 23.3 Å². The molecule has 0 fully saturated rings. The number of hydrogen-bond donors (Lipinski definition) is 3. The molecule has 11 nitrogen and oxygen atoms in total. The smallest absolute Gasteiger partial charge is 0.277 e. The van der Waals surface area contributed by atoms with Crippen LogP contribution in [0.25, 0.3) is 42.5 Å². The molecule has 1 aliphatic rings. The fourth-order valence-electron chi connectivity index (χ4n) is 7.69. The number of nitrogens with zero attached hydrogens (tertiary/aromatic N) is 5. The van der Waals surface area contributed by atoms with Gasteiger partial charge < -0.3 is 24.1 Å². The van der Waals surface area contributed by atoms with Crippen LogP contribution in [-0.4, -0.2) is 76.2 Å². The Hall–Kier alpha value is -4.58. The normalized spacial score (nSPS) is 13.4. The Labute approximate surface area is 365 Å². The summed E-state index contributed by atoms with van der Waals surface area (Å²) in [4.78, 5) is 21.6. The molecule has 0 saturated carbocycles. The third-order valence-electron chi connectivity index (χ3n) is 10.6. The molecule has 0 aliphatic carbocycles. The van der Waals surface area contributed by atoms with Crippen LogP contribution in [0.1, 0.15) is 40.7 Å². The van der Waals surface area contributed by atoms with E-state index in [1.165, 1.54) is 58.9 Å². The Balaban J connectivity index is 0.678. The zero-order chi connectivity index (χ0) is 40.8. The second-order valence-electron chi connectivity index (χ2n) is 14.9. The van der Waals surface area contributed by atoms with Crippen molar-refractivity contribution < 1.29 is 14.3 Å². The number of thiophene rings is 2. The van der Waals surface area contributed by atoms with E-state index < -0.39 is 0 Å². The minimum atomic E-state index is -0.247. The van der Waals surface area contributed by atoms with Crippen molar-refractivity contribution in [2.45, 2.75) is 50.7 Å². The van der Waals surface area contributed by atoms with Crippen molar-refractivity contribution in [1.82, 2.24) is 29.5 Å². The minimum absolute atomic E-state index is 0.247. The van der Waals surface area contributed by atoms with Crippen molar-refractivity contribution in [2.75, 3.05) is 56.1 Å². The van der Waals surface area contributed by atoms with E-state index in [4.69, 9.17) is 9.47 Å². The molecule has 9 rings (SSSR count). The van der Waals surface area contributed by atoms with Crippen molar-refractivity contribution in [1.29, 1.82) is 0 Å². The van der Waals surface area contributed by atoms with Crippen LogP contribution in [0.2, 0.25) is 0 Å². The first kappa shape index (κ1) is 40.8. The van der Waals surface area contributed by atoms with Crippen molar-refractivity contribution in [3.05, 3.63) is 112 Å². The van der Waals surface area contributed by atoms with Crippen LogP contribution < -0.4 is 15.4 Å². The van der Waals surface area contributed by atoms with Crippen LogP contribution in [-0.2, 0) is 35.7 Å². The number of aromatic nitrogens is 4. The number of anilines is 2. The van der Waals surface area contributed by atoms with Crippen LogP contribution in [0, 0.1) is 6.92 Å². The van der Waals surface area contributed by atoms with E-state index in [1.807, 2.05) is 40.3 Å². The number of carbonyl (C=O) groups excluding carboxylic acids is 1. The molecule has 3 N–H and O–H groups in total. The molecule has 5 aromatic heterocycles. The molecule has 0 atom stereocenters. The molecule has 0 radical (unpaired) electrons. The third-order valence-corrected chi connectivity index (χ3v) is 14.5. The van der Waals surface area contributed by atoms with Crippen LogP contribution in [0.4, 0.5) is 10.8 Å². The van der Waals surface area contributed by atoms with Crippen molar-refractivity contribution in [3.8, 4) is 10.4 Å². The van der Waals surface area contributed by atoms with Gasteiger partial charge in [-0.2, -0.15) is 5.10 Å². The number of fused-ring (bicyclic) bond motifs is 5. The molecule has 60 heavy (non-hydrogen) atoms. The standard InChI is InChI=1S/C45H48N8O3S4/c1-3-52-39-12-7-31(23-36(39)35-10-8-32(24-40(35)52)41-22-30(2)29-58-41)27-46-13-17-55-19-20-56-18-16-51-14-5-15-53-34(28-51)26-38(49-53)44(54)48-45-47-37-11-9-33(25-42(37)59-45)50-60-43-6-4-21-57-43/h4,6-12,21-26,29,46,50H,3,5,13-20,27-28H2,1-2H3,(H,47,48,54). The summed E-state index contributed by atoms with van der Waals surface area (Å²) in [6.45, 7) is 12.5. The lowest BCUT2D eigenvalue weighted by Gasteiger charge is -2.19. The van der Waals surface area contributed by atoms with Gasteiger partial charge in [-0.05, 0) is 114 Å². The quantitative estimate of drug-likeness (QED) is 0.0573. The number of thiazole rings is 1. The van der Waals surface area contributed by atoms with Gasteiger partial charge in [-0.3, -0.25) is 19.7 Å². The van der Waals surface area contributed by atoms with Gasteiger partial charge in [0.05, 0.1) is 46.5 Å². The predicted molar refractivity (Wildman–Crippen MR) is 250 cm³/mol. The molecule has 0 bridgehead atoms. The molecule has 3 aromatic carbocycles. The molecule has 310 valence electrons. The first-order chi connectivity index (χ1) is 29.5. The Morgan fingerprint density at radius 3 is 2.68 bits per heavy atom. The topological polar surface area (TPSA) is 111 Å². The number of nitrogens with one attached hydrogen (secondary N) is 3. The Kier molecular flexibility index (Phi) is 12.9. The predicted octanol–water partition coefficient (Wildman–Crippen LogP) is 10.1. The van der Waals surface area contributed by atoms with Gasteiger partial charge in [0.1, 0.15) is 0 Å². The highest BCUT2D eigenvalue weighted by atomic mass is 32.2. The highest BCUT2D eigenvalue weighted by Gasteiger charge is 2.21. The molecule has 1 aliphatic heterocycles. The fraction of sp³-hybridized carbons (Fsp3) is 0.311. The Morgan fingerprint density at radius 2 is 1.83 bits per heavy atom. The van der Waals surface area contributed by atoms with Crippen molar-refractivity contribution in [3.63, 3.8) is 0 Å². The maximum atomic E-state index is 13.2. The number of aryl methyl sites for hydroxylation is 3.